The monoisotopic (exact) mass is 386 g/mol. The van der Waals surface area contributed by atoms with E-state index in [1.807, 2.05) is 0 Å². The first-order valence-electron chi connectivity index (χ1n) is 7.55. The molecule has 2 rings (SSSR count). The Morgan fingerprint density at radius 2 is 1.69 bits per heavy atom. The van der Waals surface area contributed by atoms with E-state index in [-0.39, 0.29) is 5.69 Å². The van der Waals surface area contributed by atoms with Gasteiger partial charge in [-0.25, -0.2) is 21.6 Å². The quantitative estimate of drug-likeness (QED) is 0.830. The lowest BCUT2D eigenvalue weighted by Crippen LogP contribution is -2.41. The lowest BCUT2D eigenvalue weighted by molar-refractivity contribution is -0.120. The van der Waals surface area contributed by atoms with Crippen LogP contribution in [0.2, 0.25) is 0 Å². The number of sulfonamides is 1. The average molecular weight is 386 g/mol. The van der Waals surface area contributed by atoms with Crippen molar-refractivity contribution in [2.45, 2.75) is 13.0 Å². The SMILES string of the molecule is C[C@H](NC(=O)CN(c1ccc(F)c(F)c1)S(C)(=O)=O)c1ccc(F)cc1. The standard InChI is InChI=1S/C17H17F3N2O3S/c1-11(12-3-5-13(18)6-4-12)21-17(23)10-22(26(2,24)25)14-7-8-15(19)16(20)9-14/h3-9,11H,10H2,1-2H3,(H,21,23)/t11-/m0/s1. The molecule has 0 fully saturated rings. The molecule has 5 nitrogen and oxygen atoms in total. The Morgan fingerprint density at radius 3 is 2.23 bits per heavy atom. The number of nitrogens with one attached hydrogen (secondary N) is 1. The molecule has 0 saturated heterocycles. The second-order valence-electron chi connectivity index (χ2n) is 5.71. The number of rotatable bonds is 6. The molecule has 0 aliphatic heterocycles. The summed E-state index contributed by atoms with van der Waals surface area (Å²) in [6.45, 7) is 1.03. The van der Waals surface area contributed by atoms with Gasteiger partial charge in [0, 0.05) is 6.07 Å². The normalized spacial score (nSPS) is 12.5. The number of hydrogen-bond donors (Lipinski definition) is 1. The highest BCUT2D eigenvalue weighted by atomic mass is 32.2. The van der Waals surface area contributed by atoms with Crippen LogP contribution in [0.1, 0.15) is 18.5 Å². The van der Waals surface area contributed by atoms with Crippen LogP contribution in [0.4, 0.5) is 18.9 Å². The summed E-state index contributed by atoms with van der Waals surface area (Å²) in [5, 5.41) is 2.58. The average Bonchev–Trinajstić information content (AvgIpc) is 2.55. The Bertz CT molecular complexity index is 902. The van der Waals surface area contributed by atoms with Crippen molar-refractivity contribution >= 4 is 21.6 Å². The summed E-state index contributed by atoms with van der Waals surface area (Å²) in [5.41, 5.74) is 0.453. The number of hydrogen-bond acceptors (Lipinski definition) is 3. The van der Waals surface area contributed by atoms with Crippen molar-refractivity contribution < 1.29 is 26.4 Å². The van der Waals surface area contributed by atoms with Crippen LogP contribution in [-0.2, 0) is 14.8 Å². The predicted molar refractivity (Wildman–Crippen MR) is 91.5 cm³/mol. The van der Waals surface area contributed by atoms with Gasteiger partial charge in [-0.05, 0) is 36.8 Å². The fraction of sp³-hybridized carbons (Fsp3) is 0.235. The summed E-state index contributed by atoms with van der Waals surface area (Å²) in [4.78, 5) is 12.2. The van der Waals surface area contributed by atoms with Crippen LogP contribution < -0.4 is 9.62 Å². The van der Waals surface area contributed by atoms with Crippen molar-refractivity contribution in [1.29, 1.82) is 0 Å². The van der Waals surface area contributed by atoms with E-state index in [0.717, 1.165) is 18.4 Å². The molecule has 0 spiro atoms. The topological polar surface area (TPSA) is 66.5 Å². The second-order valence-corrected chi connectivity index (χ2v) is 7.62. The van der Waals surface area contributed by atoms with Gasteiger partial charge in [0.15, 0.2) is 11.6 Å². The molecule has 0 aliphatic carbocycles. The van der Waals surface area contributed by atoms with Gasteiger partial charge in [-0.1, -0.05) is 12.1 Å². The molecule has 0 saturated carbocycles. The first-order valence-corrected chi connectivity index (χ1v) is 9.40. The van der Waals surface area contributed by atoms with Gasteiger partial charge in [0.05, 0.1) is 18.0 Å². The molecule has 1 atom stereocenters. The molecule has 0 heterocycles. The molecule has 1 N–H and O–H groups in total. The molecule has 1 amide bonds. The number of nitrogens with zero attached hydrogens (tertiary/aromatic N) is 1. The van der Waals surface area contributed by atoms with Crippen LogP contribution >= 0.6 is 0 Å². The minimum atomic E-state index is -3.91. The summed E-state index contributed by atoms with van der Waals surface area (Å²) in [7, 11) is -3.91. The summed E-state index contributed by atoms with van der Waals surface area (Å²) in [5.74, 6) is -3.43. The molecular formula is C17H17F3N2O3S. The number of carbonyl (C=O) groups is 1. The lowest BCUT2D eigenvalue weighted by atomic mass is 10.1. The zero-order valence-electron chi connectivity index (χ0n) is 14.0. The summed E-state index contributed by atoms with van der Waals surface area (Å²) in [6, 6.07) is 7.50. The maximum Gasteiger partial charge on any atom is 0.241 e. The highest BCUT2D eigenvalue weighted by molar-refractivity contribution is 7.92. The molecular weight excluding hydrogens is 369 g/mol. The minimum absolute atomic E-state index is 0.170. The molecule has 26 heavy (non-hydrogen) atoms. The largest absolute Gasteiger partial charge is 0.348 e. The van der Waals surface area contributed by atoms with E-state index in [1.54, 1.807) is 6.92 Å². The van der Waals surface area contributed by atoms with Crippen molar-refractivity contribution in [3.63, 3.8) is 0 Å². The zero-order valence-corrected chi connectivity index (χ0v) is 14.9. The van der Waals surface area contributed by atoms with Crippen LogP contribution in [0.5, 0.6) is 0 Å². The van der Waals surface area contributed by atoms with E-state index in [1.165, 1.54) is 24.3 Å². The molecule has 0 bridgehead atoms. The third-order valence-electron chi connectivity index (χ3n) is 3.63. The maximum absolute atomic E-state index is 13.4. The summed E-state index contributed by atoms with van der Waals surface area (Å²) < 4.78 is 64.0. The van der Waals surface area contributed by atoms with E-state index >= 15 is 0 Å². The van der Waals surface area contributed by atoms with Crippen LogP contribution in [0.25, 0.3) is 0 Å². The van der Waals surface area contributed by atoms with Crippen LogP contribution in [0, 0.1) is 17.5 Å². The first kappa shape index (κ1) is 19.8. The molecule has 0 radical (unpaired) electrons. The molecule has 140 valence electrons. The van der Waals surface area contributed by atoms with Gasteiger partial charge in [-0.3, -0.25) is 9.10 Å². The van der Waals surface area contributed by atoms with Gasteiger partial charge in [-0.15, -0.1) is 0 Å². The second kappa shape index (κ2) is 7.77. The van der Waals surface area contributed by atoms with Gasteiger partial charge in [-0.2, -0.15) is 0 Å². The Labute approximate surface area is 149 Å². The van der Waals surface area contributed by atoms with Crippen molar-refractivity contribution in [1.82, 2.24) is 5.32 Å². The Kier molecular flexibility index (Phi) is 5.91. The predicted octanol–water partition coefficient (Wildman–Crippen LogP) is 2.75. The van der Waals surface area contributed by atoms with Gasteiger partial charge in [0.25, 0.3) is 0 Å². The van der Waals surface area contributed by atoms with Crippen molar-refractivity contribution in [3.8, 4) is 0 Å². The van der Waals surface area contributed by atoms with Gasteiger partial charge in [0.1, 0.15) is 12.4 Å². The van der Waals surface area contributed by atoms with Crippen molar-refractivity contribution in [2.24, 2.45) is 0 Å². The Morgan fingerprint density at radius 1 is 1.08 bits per heavy atom. The minimum Gasteiger partial charge on any atom is -0.348 e. The lowest BCUT2D eigenvalue weighted by Gasteiger charge is -2.23. The number of amides is 1. The summed E-state index contributed by atoms with van der Waals surface area (Å²) in [6.07, 6.45) is 0.852. The van der Waals surface area contributed by atoms with Gasteiger partial charge < -0.3 is 5.32 Å². The molecule has 9 heteroatoms. The van der Waals surface area contributed by atoms with Gasteiger partial charge in [0.2, 0.25) is 15.9 Å². The van der Waals surface area contributed by atoms with Crippen molar-refractivity contribution in [3.05, 3.63) is 65.5 Å². The fourth-order valence-electron chi connectivity index (χ4n) is 2.29. The Hall–Kier alpha value is -2.55. The van der Waals surface area contributed by atoms with Crippen LogP contribution in [0.15, 0.2) is 42.5 Å². The number of carbonyl (C=O) groups excluding carboxylic acids is 1. The number of anilines is 1. The van der Waals surface area contributed by atoms with E-state index in [0.29, 0.717) is 15.9 Å². The number of halogens is 3. The van der Waals surface area contributed by atoms with E-state index in [2.05, 4.69) is 5.32 Å². The molecule has 0 aliphatic rings. The van der Waals surface area contributed by atoms with Crippen LogP contribution in [-0.4, -0.2) is 27.1 Å². The van der Waals surface area contributed by atoms with E-state index in [9.17, 15) is 26.4 Å². The maximum atomic E-state index is 13.4. The fourth-order valence-corrected chi connectivity index (χ4v) is 3.14. The highest BCUT2D eigenvalue weighted by Gasteiger charge is 2.23. The van der Waals surface area contributed by atoms with E-state index in [4.69, 9.17) is 0 Å². The smallest absolute Gasteiger partial charge is 0.241 e. The molecule has 2 aromatic rings. The Balaban J connectivity index is 2.16. The third kappa shape index (κ3) is 4.98. The number of benzene rings is 2. The third-order valence-corrected chi connectivity index (χ3v) is 4.77. The zero-order chi connectivity index (χ0) is 19.5. The molecule has 0 unspecified atom stereocenters. The first-order chi connectivity index (χ1) is 12.1. The van der Waals surface area contributed by atoms with Gasteiger partial charge >= 0.3 is 0 Å². The highest BCUT2D eigenvalue weighted by Crippen LogP contribution is 2.20. The van der Waals surface area contributed by atoms with E-state index < -0.39 is 46.0 Å². The molecule has 0 aromatic heterocycles. The molecule has 2 aromatic carbocycles. The van der Waals surface area contributed by atoms with Crippen molar-refractivity contribution in [2.75, 3.05) is 17.1 Å². The summed E-state index contributed by atoms with van der Waals surface area (Å²) >= 11 is 0. The van der Waals surface area contributed by atoms with Crippen LogP contribution in [0.3, 0.4) is 0 Å².